The number of para-hydroxylation sites is 2. The summed E-state index contributed by atoms with van der Waals surface area (Å²) in [5.41, 5.74) is 7.62. The Hall–Kier alpha value is -4.63. The van der Waals surface area contributed by atoms with Gasteiger partial charge >= 0.3 is 0 Å². The first-order valence-electron chi connectivity index (χ1n) is 10.4. The van der Waals surface area contributed by atoms with Crippen LogP contribution in [0, 0.1) is 11.3 Å². The number of aromatic nitrogens is 5. The van der Waals surface area contributed by atoms with Gasteiger partial charge in [0.15, 0.2) is 17.3 Å². The first kappa shape index (κ1) is 22.6. The van der Waals surface area contributed by atoms with Crippen molar-refractivity contribution in [2.75, 3.05) is 17.2 Å². The molecule has 172 valence electrons. The molecule has 1 aromatic carbocycles. The van der Waals surface area contributed by atoms with E-state index in [0.717, 1.165) is 5.52 Å². The number of carbonyl (C=O) groups excluding carboxylic acids is 2. The Morgan fingerprint density at radius 3 is 2.79 bits per heavy atom. The number of Topliss-reactive ketones (excluding diaryl/α,β-unsaturated/α-hetero) is 1. The molecule has 4 aromatic rings. The highest BCUT2D eigenvalue weighted by Crippen LogP contribution is 2.28. The largest absolute Gasteiger partial charge is 0.364 e. The maximum Gasteiger partial charge on any atom is 0.242 e. The van der Waals surface area contributed by atoms with Crippen molar-refractivity contribution in [1.29, 1.82) is 5.26 Å². The van der Waals surface area contributed by atoms with Crippen molar-refractivity contribution >= 4 is 34.4 Å². The number of amides is 1. The van der Waals surface area contributed by atoms with Crippen molar-refractivity contribution in [3.8, 4) is 17.6 Å². The summed E-state index contributed by atoms with van der Waals surface area (Å²) in [7, 11) is 0. The minimum absolute atomic E-state index is 0.0481. The molecule has 0 fully saturated rings. The number of nitriles is 1. The molecule has 12 heteroatoms. The molecule has 0 aliphatic rings. The Labute approximate surface area is 193 Å². The molecule has 0 radical (unpaired) electrons. The van der Waals surface area contributed by atoms with Gasteiger partial charge in [-0.3, -0.25) is 9.59 Å². The van der Waals surface area contributed by atoms with Gasteiger partial charge in [0.25, 0.3) is 0 Å². The van der Waals surface area contributed by atoms with Crippen molar-refractivity contribution < 1.29 is 14.2 Å². The monoisotopic (exact) mass is 459 g/mol. The predicted octanol–water partition coefficient (Wildman–Crippen LogP) is 1.98. The van der Waals surface area contributed by atoms with Crippen LogP contribution < -0.4 is 16.4 Å². The fraction of sp³-hybridized carbons (Fsp3) is 0.227. The molecule has 1 atom stereocenters. The number of rotatable bonds is 9. The second-order valence-electron chi connectivity index (χ2n) is 7.44. The molecule has 0 aliphatic heterocycles. The standard InChI is InChI=1S/C22H21N9O3/c1-13(24)22(33)28-18-8-7-14(11-26-18)17(32)12-31-16-6-3-2-5-15(16)27-21(31)19-20(30-34-29-19)25-10-4-9-23/h2-3,5-8,11,13H,4,10,12,24H2,1H3,(H,25,30)(H,26,28,33)/t13-/m0/s1. The smallest absolute Gasteiger partial charge is 0.242 e. The number of hydrogen-bond acceptors (Lipinski definition) is 10. The average molecular weight is 459 g/mol. The van der Waals surface area contributed by atoms with Gasteiger partial charge in [-0.2, -0.15) is 5.26 Å². The van der Waals surface area contributed by atoms with Crippen LogP contribution in [-0.2, 0) is 11.3 Å². The van der Waals surface area contributed by atoms with E-state index in [-0.39, 0.29) is 24.7 Å². The minimum atomic E-state index is -0.679. The molecule has 4 N–H and O–H groups in total. The molecule has 4 rings (SSSR count). The highest BCUT2D eigenvalue weighted by molar-refractivity contribution is 5.98. The second kappa shape index (κ2) is 9.88. The van der Waals surface area contributed by atoms with Crippen LogP contribution in [0.2, 0.25) is 0 Å². The summed E-state index contributed by atoms with van der Waals surface area (Å²) in [5, 5.41) is 22.2. The molecule has 3 heterocycles. The van der Waals surface area contributed by atoms with Gasteiger partial charge in [0.2, 0.25) is 11.7 Å². The third kappa shape index (κ3) is 4.74. The molecule has 12 nitrogen and oxygen atoms in total. The van der Waals surface area contributed by atoms with E-state index in [2.05, 4.69) is 30.9 Å². The predicted molar refractivity (Wildman–Crippen MR) is 123 cm³/mol. The lowest BCUT2D eigenvalue weighted by atomic mass is 10.2. The van der Waals surface area contributed by atoms with Gasteiger partial charge in [-0.25, -0.2) is 14.6 Å². The summed E-state index contributed by atoms with van der Waals surface area (Å²) >= 11 is 0. The van der Waals surface area contributed by atoms with Crippen LogP contribution in [0.1, 0.15) is 23.7 Å². The summed E-state index contributed by atoms with van der Waals surface area (Å²) in [6.45, 7) is 1.87. The summed E-state index contributed by atoms with van der Waals surface area (Å²) < 4.78 is 6.62. The van der Waals surface area contributed by atoms with Crippen molar-refractivity contribution in [2.24, 2.45) is 5.73 Å². The lowest BCUT2D eigenvalue weighted by Gasteiger charge is -2.09. The van der Waals surface area contributed by atoms with E-state index in [1.54, 1.807) is 23.6 Å². The van der Waals surface area contributed by atoms with Gasteiger partial charge < -0.3 is 20.9 Å². The fourth-order valence-electron chi connectivity index (χ4n) is 3.21. The fourth-order valence-corrected chi connectivity index (χ4v) is 3.21. The zero-order valence-electron chi connectivity index (χ0n) is 18.2. The van der Waals surface area contributed by atoms with Crippen molar-refractivity contribution in [1.82, 2.24) is 24.8 Å². The molecule has 0 unspecified atom stereocenters. The van der Waals surface area contributed by atoms with E-state index in [1.807, 2.05) is 30.3 Å². The van der Waals surface area contributed by atoms with Gasteiger partial charge in [-0.1, -0.05) is 12.1 Å². The number of carbonyl (C=O) groups is 2. The number of benzene rings is 1. The first-order valence-corrected chi connectivity index (χ1v) is 10.4. The number of pyridine rings is 1. The van der Waals surface area contributed by atoms with Gasteiger partial charge in [0.05, 0.1) is 36.1 Å². The number of hydrogen-bond donors (Lipinski definition) is 3. The van der Waals surface area contributed by atoms with Gasteiger partial charge in [0.1, 0.15) is 5.82 Å². The Morgan fingerprint density at radius 2 is 2.06 bits per heavy atom. The summed E-state index contributed by atoms with van der Waals surface area (Å²) in [6, 6.07) is 11.9. The number of imidazole rings is 1. The summed E-state index contributed by atoms with van der Waals surface area (Å²) in [5.74, 6) is 0.424. The zero-order chi connectivity index (χ0) is 24.1. The van der Waals surface area contributed by atoms with Crippen molar-refractivity contribution in [3.05, 3.63) is 48.2 Å². The van der Waals surface area contributed by atoms with Gasteiger partial charge in [-0.05, 0) is 41.5 Å². The highest BCUT2D eigenvalue weighted by atomic mass is 16.6. The van der Waals surface area contributed by atoms with Crippen LogP contribution in [0.4, 0.5) is 11.6 Å². The summed E-state index contributed by atoms with van der Waals surface area (Å²) in [4.78, 5) is 33.6. The van der Waals surface area contributed by atoms with E-state index < -0.39 is 6.04 Å². The molecule has 0 spiro atoms. The highest BCUT2D eigenvalue weighted by Gasteiger charge is 2.22. The minimum Gasteiger partial charge on any atom is -0.364 e. The third-order valence-corrected chi connectivity index (χ3v) is 4.94. The van der Waals surface area contributed by atoms with Crippen LogP contribution in [0.5, 0.6) is 0 Å². The third-order valence-electron chi connectivity index (χ3n) is 4.94. The van der Waals surface area contributed by atoms with Crippen molar-refractivity contribution in [2.45, 2.75) is 25.9 Å². The van der Waals surface area contributed by atoms with Gasteiger partial charge in [0, 0.05) is 18.3 Å². The molecule has 0 aliphatic carbocycles. The average Bonchev–Trinajstić information content (AvgIpc) is 3.44. The van der Waals surface area contributed by atoms with Crippen LogP contribution in [-0.4, -0.2) is 49.1 Å². The van der Waals surface area contributed by atoms with E-state index >= 15 is 0 Å². The normalized spacial score (nSPS) is 11.7. The van der Waals surface area contributed by atoms with E-state index in [0.29, 0.717) is 40.8 Å². The van der Waals surface area contributed by atoms with Crippen LogP contribution >= 0.6 is 0 Å². The maximum atomic E-state index is 13.1. The number of nitrogens with zero attached hydrogens (tertiary/aromatic N) is 6. The topological polar surface area (TPSA) is 178 Å². The number of nitrogens with two attached hydrogens (primary N) is 1. The second-order valence-corrected chi connectivity index (χ2v) is 7.44. The van der Waals surface area contributed by atoms with E-state index in [1.165, 1.54) is 6.20 Å². The van der Waals surface area contributed by atoms with Gasteiger partial charge in [-0.15, -0.1) is 0 Å². The van der Waals surface area contributed by atoms with Crippen molar-refractivity contribution in [3.63, 3.8) is 0 Å². The van der Waals surface area contributed by atoms with E-state index in [9.17, 15) is 9.59 Å². The Balaban J connectivity index is 1.62. The lowest BCUT2D eigenvalue weighted by molar-refractivity contribution is -0.117. The molecule has 34 heavy (non-hydrogen) atoms. The molecule has 1 amide bonds. The molecule has 0 saturated carbocycles. The number of ketones is 1. The number of anilines is 2. The molecular weight excluding hydrogens is 438 g/mol. The Morgan fingerprint density at radius 1 is 1.24 bits per heavy atom. The maximum absolute atomic E-state index is 13.1. The SMILES string of the molecule is C[C@H](N)C(=O)Nc1ccc(C(=O)Cn2c(-c3nonc3NCCC#N)nc3ccccc32)cn1. The van der Waals surface area contributed by atoms with E-state index in [4.69, 9.17) is 15.6 Å². The number of fused-ring (bicyclic) bond motifs is 1. The van der Waals surface area contributed by atoms with Crippen LogP contribution in [0.25, 0.3) is 22.6 Å². The zero-order valence-corrected chi connectivity index (χ0v) is 18.2. The quantitative estimate of drug-likeness (QED) is 0.247. The van der Waals surface area contributed by atoms with Crippen LogP contribution in [0.3, 0.4) is 0 Å². The Kier molecular flexibility index (Phi) is 6.56. The van der Waals surface area contributed by atoms with Crippen LogP contribution in [0.15, 0.2) is 47.2 Å². The molecule has 3 aromatic heterocycles. The Bertz CT molecular complexity index is 1370. The first-order chi connectivity index (χ1) is 16.5. The molecule has 0 bridgehead atoms. The molecular formula is C22H21N9O3. The molecule has 0 saturated heterocycles. The number of nitrogens with one attached hydrogen (secondary N) is 2. The summed E-state index contributed by atoms with van der Waals surface area (Å²) in [6.07, 6.45) is 1.67. The lowest BCUT2D eigenvalue weighted by Crippen LogP contribution is -2.32.